The maximum atomic E-state index is 11.6. The highest BCUT2D eigenvalue weighted by atomic mass is 16.5. The summed E-state index contributed by atoms with van der Waals surface area (Å²) >= 11 is 0. The van der Waals surface area contributed by atoms with Gasteiger partial charge in [0.05, 0.1) is 19.3 Å². The van der Waals surface area contributed by atoms with Gasteiger partial charge in [-0.25, -0.2) is 4.79 Å². The predicted molar refractivity (Wildman–Crippen MR) is 77.7 cm³/mol. The van der Waals surface area contributed by atoms with Crippen molar-refractivity contribution in [1.82, 2.24) is 4.90 Å². The van der Waals surface area contributed by atoms with Gasteiger partial charge < -0.3 is 14.4 Å². The van der Waals surface area contributed by atoms with Crippen LogP contribution < -0.4 is 0 Å². The molecule has 0 radical (unpaired) electrons. The van der Waals surface area contributed by atoms with E-state index in [1.54, 1.807) is 6.92 Å². The molecule has 0 aromatic rings. The number of hydrogen-bond donors (Lipinski definition) is 0. The molecule has 0 amide bonds. The number of unbranched alkanes of at least 4 members (excludes halogenated alkanes) is 2. The zero-order chi connectivity index (χ0) is 14.5. The summed E-state index contributed by atoms with van der Waals surface area (Å²) in [6.07, 6.45) is 5.91. The van der Waals surface area contributed by atoms with Crippen LogP contribution in [-0.2, 0) is 14.3 Å². The first-order valence-electron chi connectivity index (χ1n) is 7.45. The molecule has 0 saturated heterocycles. The van der Waals surface area contributed by atoms with Crippen molar-refractivity contribution in [2.45, 2.75) is 53.4 Å². The second-order valence-corrected chi connectivity index (χ2v) is 4.36. The fourth-order valence-corrected chi connectivity index (χ4v) is 1.69. The summed E-state index contributed by atoms with van der Waals surface area (Å²) in [5, 5.41) is 0. The lowest BCUT2D eigenvalue weighted by Gasteiger charge is -2.26. The molecule has 0 heterocycles. The number of ether oxygens (including phenoxy) is 2. The van der Waals surface area contributed by atoms with Crippen LogP contribution >= 0.6 is 0 Å². The topological polar surface area (TPSA) is 38.8 Å². The van der Waals surface area contributed by atoms with E-state index in [2.05, 4.69) is 18.7 Å². The molecule has 4 nitrogen and oxygen atoms in total. The van der Waals surface area contributed by atoms with Crippen LogP contribution in [0.5, 0.6) is 0 Å². The Balaban J connectivity index is 4.74. The van der Waals surface area contributed by atoms with Crippen LogP contribution in [0.4, 0.5) is 0 Å². The van der Waals surface area contributed by atoms with Crippen LogP contribution in [0.15, 0.2) is 12.0 Å². The second kappa shape index (κ2) is 11.9. The van der Waals surface area contributed by atoms with E-state index in [0.717, 1.165) is 38.8 Å². The molecule has 0 aromatic carbocycles. The molecular formula is C15H29NO3. The maximum absolute atomic E-state index is 11.6. The Morgan fingerprint density at radius 3 is 1.89 bits per heavy atom. The van der Waals surface area contributed by atoms with Crippen molar-refractivity contribution in [3.63, 3.8) is 0 Å². The third-order valence-corrected chi connectivity index (χ3v) is 2.69. The lowest BCUT2D eigenvalue weighted by molar-refractivity contribution is -0.137. The van der Waals surface area contributed by atoms with Gasteiger partial charge in [-0.1, -0.05) is 26.7 Å². The molecule has 0 fully saturated rings. The van der Waals surface area contributed by atoms with Gasteiger partial charge in [-0.15, -0.1) is 0 Å². The van der Waals surface area contributed by atoms with Gasteiger partial charge in [0.25, 0.3) is 0 Å². The zero-order valence-electron chi connectivity index (χ0n) is 12.9. The van der Waals surface area contributed by atoms with E-state index in [-0.39, 0.29) is 5.97 Å². The Hall–Kier alpha value is -1.19. The molecule has 0 atom stereocenters. The van der Waals surface area contributed by atoms with Crippen LogP contribution in [-0.4, -0.2) is 37.2 Å². The molecule has 0 aliphatic carbocycles. The molecule has 19 heavy (non-hydrogen) atoms. The monoisotopic (exact) mass is 271 g/mol. The van der Waals surface area contributed by atoms with Gasteiger partial charge >= 0.3 is 5.97 Å². The van der Waals surface area contributed by atoms with Crippen LogP contribution in [0.25, 0.3) is 0 Å². The van der Waals surface area contributed by atoms with Crippen molar-refractivity contribution in [2.75, 3.05) is 26.3 Å². The molecule has 0 aromatic heterocycles. The molecule has 0 bridgehead atoms. The van der Waals surface area contributed by atoms with Gasteiger partial charge in [-0.3, -0.25) is 0 Å². The Kier molecular flexibility index (Phi) is 11.1. The Morgan fingerprint density at radius 1 is 0.947 bits per heavy atom. The van der Waals surface area contributed by atoms with E-state index in [4.69, 9.17) is 9.47 Å². The number of carbonyl (C=O) groups is 1. The molecule has 0 saturated carbocycles. The third kappa shape index (κ3) is 8.51. The minimum absolute atomic E-state index is 0.330. The van der Waals surface area contributed by atoms with E-state index >= 15 is 0 Å². The van der Waals surface area contributed by atoms with Crippen LogP contribution in [0, 0.1) is 0 Å². The van der Waals surface area contributed by atoms with E-state index < -0.39 is 0 Å². The Bertz CT molecular complexity index is 256. The first kappa shape index (κ1) is 17.8. The lowest BCUT2D eigenvalue weighted by atomic mass is 10.2. The highest BCUT2D eigenvalue weighted by Crippen LogP contribution is 2.10. The van der Waals surface area contributed by atoms with Crippen LogP contribution in [0.3, 0.4) is 0 Å². The fraction of sp³-hybridized carbons (Fsp3) is 0.800. The zero-order valence-corrected chi connectivity index (χ0v) is 12.9. The molecule has 112 valence electrons. The molecule has 0 rings (SSSR count). The minimum atomic E-state index is -0.330. The number of rotatable bonds is 11. The molecule has 0 spiro atoms. The summed E-state index contributed by atoms with van der Waals surface area (Å²) in [5.74, 6) is 0.312. The van der Waals surface area contributed by atoms with Crippen molar-refractivity contribution in [1.29, 1.82) is 0 Å². The fourth-order valence-electron chi connectivity index (χ4n) is 1.69. The normalized spacial score (nSPS) is 11.3. The summed E-state index contributed by atoms with van der Waals surface area (Å²) in [4.78, 5) is 13.7. The molecular weight excluding hydrogens is 242 g/mol. The minimum Gasteiger partial charge on any atom is -0.479 e. The summed E-state index contributed by atoms with van der Waals surface area (Å²) in [6, 6.07) is 0. The van der Waals surface area contributed by atoms with Gasteiger partial charge in [-0.2, -0.15) is 0 Å². The highest BCUT2D eigenvalue weighted by molar-refractivity contribution is 5.82. The smallest absolute Gasteiger partial charge is 0.336 e. The summed E-state index contributed by atoms with van der Waals surface area (Å²) in [6.45, 7) is 10.8. The van der Waals surface area contributed by atoms with Gasteiger partial charge in [0.1, 0.15) is 0 Å². The van der Waals surface area contributed by atoms with Gasteiger partial charge in [0.2, 0.25) is 0 Å². The van der Waals surface area contributed by atoms with E-state index in [9.17, 15) is 4.79 Å². The Labute approximate surface area is 117 Å². The highest BCUT2D eigenvalue weighted by Gasteiger charge is 2.12. The average Bonchev–Trinajstić information content (AvgIpc) is 2.39. The predicted octanol–water partition coefficient (Wildman–Crippen LogP) is 3.33. The molecule has 0 N–H and O–H groups in total. The van der Waals surface area contributed by atoms with Crippen molar-refractivity contribution >= 4 is 5.97 Å². The lowest BCUT2D eigenvalue weighted by Crippen LogP contribution is -2.28. The van der Waals surface area contributed by atoms with Crippen molar-refractivity contribution in [3.8, 4) is 0 Å². The first-order chi connectivity index (χ1) is 9.19. The first-order valence-corrected chi connectivity index (χ1v) is 7.45. The summed E-state index contributed by atoms with van der Waals surface area (Å²) in [7, 11) is 0. The van der Waals surface area contributed by atoms with Gasteiger partial charge in [-0.05, 0) is 26.7 Å². The standard InChI is InChI=1S/C15H29NO3/c1-5-9-11-16(12-10-6-2)14(18-7-3)13-15(17)19-8-4/h13H,5-12H2,1-4H3/b14-13-. The average molecular weight is 271 g/mol. The number of nitrogens with zero attached hydrogens (tertiary/aromatic N) is 1. The van der Waals surface area contributed by atoms with E-state index in [1.165, 1.54) is 6.08 Å². The van der Waals surface area contributed by atoms with Gasteiger partial charge in [0.15, 0.2) is 5.88 Å². The van der Waals surface area contributed by atoms with Crippen LogP contribution in [0.2, 0.25) is 0 Å². The van der Waals surface area contributed by atoms with Crippen LogP contribution in [0.1, 0.15) is 53.4 Å². The molecule has 0 aliphatic heterocycles. The quantitative estimate of drug-likeness (QED) is 0.328. The third-order valence-electron chi connectivity index (χ3n) is 2.69. The second-order valence-electron chi connectivity index (χ2n) is 4.36. The summed E-state index contributed by atoms with van der Waals surface area (Å²) < 4.78 is 10.6. The summed E-state index contributed by atoms with van der Waals surface area (Å²) in [5.41, 5.74) is 0. The van der Waals surface area contributed by atoms with Crippen molar-refractivity contribution < 1.29 is 14.3 Å². The largest absolute Gasteiger partial charge is 0.479 e. The van der Waals surface area contributed by atoms with Gasteiger partial charge in [0, 0.05) is 13.1 Å². The Morgan fingerprint density at radius 2 is 1.47 bits per heavy atom. The number of esters is 1. The maximum Gasteiger partial charge on any atom is 0.336 e. The van der Waals surface area contributed by atoms with Crippen molar-refractivity contribution in [3.05, 3.63) is 12.0 Å². The molecule has 0 unspecified atom stereocenters. The van der Waals surface area contributed by atoms with Crippen molar-refractivity contribution in [2.24, 2.45) is 0 Å². The number of carbonyl (C=O) groups excluding carboxylic acids is 1. The SMILES string of the molecule is CCCCN(CCCC)/C(=C/C(=O)OCC)OCC. The molecule has 0 aliphatic rings. The number of hydrogen-bond acceptors (Lipinski definition) is 4. The van der Waals surface area contributed by atoms with E-state index in [0.29, 0.717) is 19.1 Å². The molecule has 4 heteroatoms. The van der Waals surface area contributed by atoms with E-state index in [1.807, 2.05) is 6.92 Å².